The number of ether oxygens (including phenoxy) is 1. The van der Waals surface area contributed by atoms with Gasteiger partial charge in [0.2, 0.25) is 0 Å². The summed E-state index contributed by atoms with van der Waals surface area (Å²) < 4.78 is 5.63. The molecule has 0 amide bonds. The van der Waals surface area contributed by atoms with Crippen LogP contribution in [0.5, 0.6) is 0 Å². The van der Waals surface area contributed by atoms with Crippen LogP contribution < -0.4 is 10.6 Å². The molecule has 1 atom stereocenters. The maximum atomic E-state index is 5.63. The van der Waals surface area contributed by atoms with Crippen LogP contribution in [0.1, 0.15) is 18.9 Å². The smallest absolute Gasteiger partial charge is 0.103 e. The van der Waals surface area contributed by atoms with Crippen molar-refractivity contribution in [2.45, 2.75) is 19.4 Å². The molecule has 1 saturated heterocycles. The molecular formula is C13H18N2OS. The van der Waals surface area contributed by atoms with Crippen molar-refractivity contribution in [1.82, 2.24) is 0 Å². The van der Waals surface area contributed by atoms with Crippen molar-refractivity contribution in [1.29, 1.82) is 0 Å². The fraction of sp³-hybridized carbons (Fsp3) is 0.462. The third-order valence-electron chi connectivity index (χ3n) is 2.97. The average molecular weight is 250 g/mol. The fourth-order valence-corrected chi connectivity index (χ4v) is 2.20. The largest absolute Gasteiger partial charge is 0.389 e. The van der Waals surface area contributed by atoms with Crippen molar-refractivity contribution in [3.8, 4) is 0 Å². The summed E-state index contributed by atoms with van der Waals surface area (Å²) in [6, 6.07) is 8.11. The van der Waals surface area contributed by atoms with Crippen molar-refractivity contribution in [3.05, 3.63) is 29.8 Å². The summed E-state index contributed by atoms with van der Waals surface area (Å²) in [4.78, 5) is 2.80. The summed E-state index contributed by atoms with van der Waals surface area (Å²) in [6.07, 6.45) is 1.36. The van der Waals surface area contributed by atoms with Crippen molar-refractivity contribution in [3.63, 3.8) is 0 Å². The minimum absolute atomic E-state index is 0.285. The second-order valence-corrected chi connectivity index (χ2v) is 4.83. The molecular weight excluding hydrogens is 232 g/mol. The molecule has 0 aromatic heterocycles. The van der Waals surface area contributed by atoms with Crippen LogP contribution in [-0.4, -0.2) is 30.8 Å². The highest BCUT2D eigenvalue weighted by atomic mass is 32.1. The van der Waals surface area contributed by atoms with Crippen LogP contribution in [0.15, 0.2) is 24.3 Å². The first-order valence-electron chi connectivity index (χ1n) is 5.93. The van der Waals surface area contributed by atoms with Gasteiger partial charge < -0.3 is 15.4 Å². The lowest BCUT2D eigenvalue weighted by atomic mass is 10.2. The van der Waals surface area contributed by atoms with Crippen LogP contribution in [0.4, 0.5) is 5.69 Å². The number of thiocarbonyl (C=S) groups is 1. The van der Waals surface area contributed by atoms with E-state index in [-0.39, 0.29) is 6.10 Å². The van der Waals surface area contributed by atoms with Gasteiger partial charge >= 0.3 is 0 Å². The Morgan fingerprint density at radius 3 is 2.76 bits per heavy atom. The molecule has 0 aliphatic carbocycles. The lowest BCUT2D eigenvalue weighted by molar-refractivity contribution is 0.0821. The van der Waals surface area contributed by atoms with Crippen molar-refractivity contribution in [2.24, 2.45) is 5.73 Å². The van der Waals surface area contributed by atoms with E-state index in [1.54, 1.807) is 0 Å². The standard InChI is InChI=1S/C13H18N2OS/c1-10-9-15(7-2-8-16-10)12-5-3-11(4-6-12)13(14)17/h3-6,10H,2,7-9H2,1H3,(H2,14,17). The second kappa shape index (κ2) is 5.47. The molecule has 1 heterocycles. The van der Waals surface area contributed by atoms with E-state index in [9.17, 15) is 0 Å². The van der Waals surface area contributed by atoms with E-state index >= 15 is 0 Å². The molecule has 2 rings (SSSR count). The SMILES string of the molecule is CC1CN(c2ccc(C(N)=S)cc2)CCCO1. The van der Waals surface area contributed by atoms with E-state index in [0.717, 1.165) is 31.7 Å². The lowest BCUT2D eigenvalue weighted by Gasteiger charge is -2.24. The Hall–Kier alpha value is -1.13. The molecule has 1 aliphatic heterocycles. The molecule has 1 fully saturated rings. The molecule has 0 spiro atoms. The topological polar surface area (TPSA) is 38.5 Å². The summed E-state index contributed by atoms with van der Waals surface area (Å²) in [5.74, 6) is 0. The van der Waals surface area contributed by atoms with Gasteiger partial charge in [0.15, 0.2) is 0 Å². The number of hydrogen-bond donors (Lipinski definition) is 1. The number of nitrogens with zero attached hydrogens (tertiary/aromatic N) is 1. The number of benzene rings is 1. The molecule has 1 aromatic carbocycles. The van der Waals surface area contributed by atoms with E-state index in [1.165, 1.54) is 5.69 Å². The molecule has 92 valence electrons. The quantitative estimate of drug-likeness (QED) is 0.814. The molecule has 17 heavy (non-hydrogen) atoms. The first kappa shape index (κ1) is 12.3. The highest BCUT2D eigenvalue weighted by Crippen LogP contribution is 2.18. The summed E-state index contributed by atoms with van der Waals surface area (Å²) in [7, 11) is 0. The zero-order chi connectivity index (χ0) is 12.3. The Kier molecular flexibility index (Phi) is 3.97. The van der Waals surface area contributed by atoms with Crippen LogP contribution in [0.3, 0.4) is 0 Å². The summed E-state index contributed by atoms with van der Waals surface area (Å²) in [6.45, 7) is 4.94. The normalized spacial score (nSPS) is 21.0. The van der Waals surface area contributed by atoms with Crippen molar-refractivity contribution in [2.75, 3.05) is 24.6 Å². The lowest BCUT2D eigenvalue weighted by Crippen LogP contribution is -2.30. The third-order valence-corrected chi connectivity index (χ3v) is 3.20. The average Bonchev–Trinajstić information content (AvgIpc) is 2.54. The van der Waals surface area contributed by atoms with E-state index in [2.05, 4.69) is 24.0 Å². The second-order valence-electron chi connectivity index (χ2n) is 4.39. The zero-order valence-corrected chi connectivity index (χ0v) is 10.9. The van der Waals surface area contributed by atoms with Gasteiger partial charge in [-0.05, 0) is 37.6 Å². The van der Waals surface area contributed by atoms with Gasteiger partial charge in [-0.15, -0.1) is 0 Å². The predicted molar refractivity (Wildman–Crippen MR) is 74.6 cm³/mol. The van der Waals surface area contributed by atoms with Gasteiger partial charge in [0, 0.05) is 30.9 Å². The molecule has 3 nitrogen and oxygen atoms in total. The number of nitrogens with two attached hydrogens (primary N) is 1. The molecule has 0 saturated carbocycles. The van der Waals surface area contributed by atoms with Gasteiger partial charge in [0.1, 0.15) is 4.99 Å². The van der Waals surface area contributed by atoms with Crippen LogP contribution in [0.25, 0.3) is 0 Å². The Morgan fingerprint density at radius 1 is 1.41 bits per heavy atom. The summed E-state index contributed by atoms with van der Waals surface area (Å²) in [5, 5.41) is 0. The highest BCUT2D eigenvalue weighted by Gasteiger charge is 2.15. The Balaban J connectivity index is 2.12. The minimum atomic E-state index is 0.285. The Bertz CT molecular complexity index is 391. The maximum absolute atomic E-state index is 5.63. The number of anilines is 1. The van der Waals surface area contributed by atoms with Crippen LogP contribution in [-0.2, 0) is 4.74 Å². The first-order chi connectivity index (χ1) is 8.16. The van der Waals surface area contributed by atoms with Crippen molar-refractivity contribution < 1.29 is 4.74 Å². The zero-order valence-electron chi connectivity index (χ0n) is 10.1. The molecule has 0 bridgehead atoms. The summed E-state index contributed by atoms with van der Waals surface area (Å²) in [5.41, 5.74) is 7.72. The minimum Gasteiger partial charge on any atom is -0.389 e. The van der Waals surface area contributed by atoms with E-state index < -0.39 is 0 Å². The summed E-state index contributed by atoms with van der Waals surface area (Å²) >= 11 is 4.95. The molecule has 2 N–H and O–H groups in total. The Labute approximate surface area is 108 Å². The fourth-order valence-electron chi connectivity index (χ4n) is 2.07. The van der Waals surface area contributed by atoms with Gasteiger partial charge in [-0.2, -0.15) is 0 Å². The van der Waals surface area contributed by atoms with Gasteiger partial charge in [-0.1, -0.05) is 12.2 Å². The van der Waals surface area contributed by atoms with Gasteiger partial charge in [-0.25, -0.2) is 0 Å². The number of hydrogen-bond acceptors (Lipinski definition) is 3. The van der Waals surface area contributed by atoms with E-state index in [4.69, 9.17) is 22.7 Å². The molecule has 1 aliphatic rings. The third kappa shape index (κ3) is 3.17. The van der Waals surface area contributed by atoms with Gasteiger partial charge in [-0.3, -0.25) is 0 Å². The van der Waals surface area contributed by atoms with E-state index in [0.29, 0.717) is 4.99 Å². The van der Waals surface area contributed by atoms with Crippen LogP contribution >= 0.6 is 12.2 Å². The first-order valence-corrected chi connectivity index (χ1v) is 6.34. The van der Waals surface area contributed by atoms with Gasteiger partial charge in [0.25, 0.3) is 0 Å². The number of rotatable bonds is 2. The highest BCUT2D eigenvalue weighted by molar-refractivity contribution is 7.80. The van der Waals surface area contributed by atoms with Crippen LogP contribution in [0, 0.1) is 0 Å². The van der Waals surface area contributed by atoms with E-state index in [1.807, 2.05) is 12.1 Å². The Morgan fingerprint density at radius 2 is 2.12 bits per heavy atom. The monoisotopic (exact) mass is 250 g/mol. The maximum Gasteiger partial charge on any atom is 0.103 e. The molecule has 1 unspecified atom stereocenters. The van der Waals surface area contributed by atoms with Gasteiger partial charge in [0.05, 0.1) is 6.10 Å². The van der Waals surface area contributed by atoms with Crippen LogP contribution in [0.2, 0.25) is 0 Å². The molecule has 0 radical (unpaired) electrons. The van der Waals surface area contributed by atoms with Crippen molar-refractivity contribution >= 4 is 22.9 Å². The predicted octanol–water partition coefficient (Wildman–Crippen LogP) is 1.94. The molecule has 1 aromatic rings. The molecule has 4 heteroatoms.